The largest absolute Gasteiger partial charge is 0.503 e. The number of piperidine rings is 1. The number of aromatic nitrogens is 2. The van der Waals surface area contributed by atoms with Gasteiger partial charge in [0.05, 0.1) is 19.2 Å². The number of benzene rings is 2. The lowest BCUT2D eigenvalue weighted by atomic mass is 9.97. The van der Waals surface area contributed by atoms with Gasteiger partial charge in [0.2, 0.25) is 5.91 Å². The summed E-state index contributed by atoms with van der Waals surface area (Å²) in [5.74, 6) is -15.1. The Balaban J connectivity index is 1.72. The van der Waals surface area contributed by atoms with E-state index in [0.29, 0.717) is 5.75 Å². The molecule has 0 saturated carbocycles. The Morgan fingerprint density at radius 2 is 1.45 bits per heavy atom. The smallest absolute Gasteiger partial charge is 0.281 e. The van der Waals surface area contributed by atoms with Crippen LogP contribution in [0.25, 0.3) is 5.69 Å². The molecule has 0 bridgehead atoms. The number of rotatable bonds is 5. The summed E-state index contributed by atoms with van der Waals surface area (Å²) in [5, 5.41) is 90.1. The topological polar surface area (TPSA) is 273 Å². The van der Waals surface area contributed by atoms with Crippen molar-refractivity contribution in [1.82, 2.24) is 9.78 Å². The molecule has 2 aliphatic heterocycles. The number of anilines is 2. The Labute approximate surface area is 235 Å². The predicted molar refractivity (Wildman–Crippen MR) is 138 cm³/mol. The molecule has 0 spiro atoms. The zero-order valence-corrected chi connectivity index (χ0v) is 21.7. The number of amides is 3. The van der Waals surface area contributed by atoms with Crippen molar-refractivity contribution in [3.63, 3.8) is 0 Å². The number of methoxy groups -OCH3 is 1. The third-order valence-electron chi connectivity index (χ3n) is 7.01. The van der Waals surface area contributed by atoms with E-state index >= 15 is 0 Å². The van der Waals surface area contributed by atoms with Crippen molar-refractivity contribution in [3.05, 3.63) is 41.2 Å². The third kappa shape index (κ3) is 4.10. The highest BCUT2D eigenvalue weighted by Gasteiger charge is 2.52. The molecule has 2 aromatic carbocycles. The second-order valence-electron chi connectivity index (χ2n) is 9.69. The first-order valence-corrected chi connectivity index (χ1v) is 12.3. The fourth-order valence-corrected chi connectivity index (χ4v) is 5.11. The third-order valence-corrected chi connectivity index (χ3v) is 7.01. The molecule has 0 unspecified atom stereocenters. The maximum Gasteiger partial charge on any atom is 0.281 e. The number of ether oxygens (including phenoxy) is 1. The minimum absolute atomic E-state index is 0.0128. The summed E-state index contributed by atoms with van der Waals surface area (Å²) in [7, 11) is 1.41. The molecular formula is C25H25N5O12. The van der Waals surface area contributed by atoms with Crippen molar-refractivity contribution in [1.29, 1.82) is 0 Å². The summed E-state index contributed by atoms with van der Waals surface area (Å²) in [6, 6.07) is 5.89. The van der Waals surface area contributed by atoms with Crippen LogP contribution in [0.3, 0.4) is 0 Å². The number of carbonyl (C=O) groups is 3. The van der Waals surface area contributed by atoms with Crippen LogP contribution in [0.15, 0.2) is 24.3 Å². The SMILES string of the molecule is COc1ccc(-n2nc(C(N)=O)c3c2C(=O)N(c2c(O)c(O)c(N4C(=O)CCCC4(O)O)c(O)c2O)C(O)(O)C3)cc1. The van der Waals surface area contributed by atoms with E-state index in [4.69, 9.17) is 10.5 Å². The van der Waals surface area contributed by atoms with Crippen LogP contribution in [0, 0.1) is 0 Å². The number of hydrogen-bond acceptors (Lipinski definition) is 13. The number of nitrogens with two attached hydrogens (primary N) is 1. The second kappa shape index (κ2) is 9.48. The Kier molecular flexibility index (Phi) is 6.42. The summed E-state index contributed by atoms with van der Waals surface area (Å²) in [6.07, 6.45) is -1.63. The summed E-state index contributed by atoms with van der Waals surface area (Å²) >= 11 is 0. The molecule has 5 rings (SSSR count). The molecule has 1 fully saturated rings. The van der Waals surface area contributed by atoms with Crippen LogP contribution in [0.2, 0.25) is 0 Å². The molecule has 0 atom stereocenters. The summed E-state index contributed by atoms with van der Waals surface area (Å²) in [4.78, 5) is 38.7. The fraction of sp³-hybridized carbons (Fsp3) is 0.280. The second-order valence-corrected chi connectivity index (χ2v) is 9.69. The first kappa shape index (κ1) is 28.4. The van der Waals surface area contributed by atoms with Gasteiger partial charge in [0, 0.05) is 18.4 Å². The Morgan fingerprint density at radius 3 is 1.95 bits per heavy atom. The van der Waals surface area contributed by atoms with Crippen molar-refractivity contribution >= 4 is 29.1 Å². The average Bonchev–Trinajstić information content (AvgIpc) is 3.29. The molecule has 0 aliphatic carbocycles. The molecule has 0 radical (unpaired) electrons. The number of phenolic OH excluding ortho intramolecular Hbond substituents is 4. The van der Waals surface area contributed by atoms with E-state index < -0.39 is 88.1 Å². The van der Waals surface area contributed by atoms with Gasteiger partial charge in [0.1, 0.15) is 22.8 Å². The predicted octanol–water partition coefficient (Wildman–Crippen LogP) is -1.20. The molecule has 3 aromatic rings. The van der Waals surface area contributed by atoms with Crippen LogP contribution < -0.4 is 20.3 Å². The van der Waals surface area contributed by atoms with E-state index in [0.717, 1.165) is 4.68 Å². The van der Waals surface area contributed by atoms with Crippen molar-refractivity contribution in [2.75, 3.05) is 16.9 Å². The van der Waals surface area contributed by atoms with Crippen LogP contribution in [0.5, 0.6) is 28.7 Å². The number of fused-ring (bicyclic) bond motifs is 1. The van der Waals surface area contributed by atoms with E-state index in [1.54, 1.807) is 0 Å². The van der Waals surface area contributed by atoms with Gasteiger partial charge in [-0.1, -0.05) is 0 Å². The van der Waals surface area contributed by atoms with E-state index in [-0.39, 0.29) is 33.9 Å². The Morgan fingerprint density at radius 1 is 0.905 bits per heavy atom. The molecule has 10 N–H and O–H groups in total. The molecule has 2 aliphatic rings. The Hall–Kier alpha value is -5.10. The zero-order chi connectivity index (χ0) is 30.9. The molecule has 17 heteroatoms. The van der Waals surface area contributed by atoms with E-state index in [1.807, 2.05) is 0 Å². The lowest BCUT2D eigenvalue weighted by Crippen LogP contribution is -2.57. The minimum Gasteiger partial charge on any atom is -0.503 e. The lowest BCUT2D eigenvalue weighted by molar-refractivity contribution is -0.181. The van der Waals surface area contributed by atoms with Crippen LogP contribution in [0.4, 0.5) is 11.4 Å². The average molecular weight is 587 g/mol. The van der Waals surface area contributed by atoms with Gasteiger partial charge in [0.25, 0.3) is 23.6 Å². The van der Waals surface area contributed by atoms with Gasteiger partial charge in [-0.15, -0.1) is 0 Å². The van der Waals surface area contributed by atoms with E-state index in [1.165, 1.54) is 31.4 Å². The van der Waals surface area contributed by atoms with Crippen molar-refractivity contribution in [2.45, 2.75) is 37.5 Å². The highest BCUT2D eigenvalue weighted by Crippen LogP contribution is 2.58. The number of nitrogens with zero attached hydrogens (tertiary/aromatic N) is 4. The molecular weight excluding hydrogens is 562 g/mol. The highest BCUT2D eigenvalue weighted by atomic mass is 16.5. The molecule has 3 heterocycles. The van der Waals surface area contributed by atoms with Crippen LogP contribution >= 0.6 is 0 Å². The molecule has 3 amide bonds. The maximum absolute atomic E-state index is 13.9. The van der Waals surface area contributed by atoms with Gasteiger partial charge in [-0.3, -0.25) is 19.3 Å². The van der Waals surface area contributed by atoms with Gasteiger partial charge in [-0.05, 0) is 30.7 Å². The summed E-state index contributed by atoms with van der Waals surface area (Å²) in [5.41, 5.74) is 1.98. The number of hydrogen-bond donors (Lipinski definition) is 9. The van der Waals surface area contributed by atoms with Gasteiger partial charge in [-0.25, -0.2) is 9.58 Å². The van der Waals surface area contributed by atoms with Crippen LogP contribution in [0.1, 0.15) is 45.8 Å². The molecule has 222 valence electrons. The first-order valence-electron chi connectivity index (χ1n) is 12.3. The summed E-state index contributed by atoms with van der Waals surface area (Å²) in [6.45, 7) is 0. The van der Waals surface area contributed by atoms with Gasteiger partial charge >= 0.3 is 0 Å². The summed E-state index contributed by atoms with van der Waals surface area (Å²) < 4.78 is 6.05. The number of aromatic hydroxyl groups is 4. The van der Waals surface area contributed by atoms with Gasteiger partial charge < -0.3 is 51.3 Å². The monoisotopic (exact) mass is 587 g/mol. The van der Waals surface area contributed by atoms with Crippen LogP contribution in [-0.4, -0.2) is 87.3 Å². The zero-order valence-electron chi connectivity index (χ0n) is 21.7. The van der Waals surface area contributed by atoms with Crippen LogP contribution in [-0.2, 0) is 11.2 Å². The molecule has 17 nitrogen and oxygen atoms in total. The number of primary amides is 1. The van der Waals surface area contributed by atoms with Gasteiger partial charge in [-0.2, -0.15) is 5.10 Å². The van der Waals surface area contributed by atoms with Gasteiger partial charge in [0.15, 0.2) is 28.7 Å². The lowest BCUT2D eigenvalue weighted by Gasteiger charge is -2.41. The molecule has 1 aromatic heterocycles. The first-order chi connectivity index (χ1) is 19.6. The number of phenols is 4. The quantitative estimate of drug-likeness (QED) is 0.0965. The minimum atomic E-state index is -3.34. The standard InChI is InChI=1S/C25H25N5O12/c1-42-11-6-4-10(5-7-11)30-15-12(14(27-30)22(26)36)9-25(40,41)29(23(15)37)17-20(34)18(32)16(19(33)21(17)35)28-13(31)3-2-8-24(28,38)39/h4-7,32-35,38-41H,2-3,8-9H2,1H3,(H2,26,36). The van der Waals surface area contributed by atoms with E-state index in [9.17, 15) is 55.2 Å². The van der Waals surface area contributed by atoms with E-state index in [2.05, 4.69) is 5.10 Å². The Bertz CT molecular complexity index is 1620. The van der Waals surface area contributed by atoms with Crippen molar-refractivity contribution in [3.8, 4) is 34.4 Å². The number of carbonyl (C=O) groups excluding carboxylic acids is 3. The van der Waals surface area contributed by atoms with Crippen molar-refractivity contribution in [2.24, 2.45) is 5.73 Å². The molecule has 1 saturated heterocycles. The number of aliphatic hydroxyl groups is 4. The maximum atomic E-state index is 13.9. The normalized spacial score (nSPS) is 17.7. The highest BCUT2D eigenvalue weighted by molar-refractivity contribution is 6.13. The fourth-order valence-electron chi connectivity index (χ4n) is 5.11. The van der Waals surface area contributed by atoms with Crippen molar-refractivity contribution < 1.29 is 60.0 Å². The molecule has 42 heavy (non-hydrogen) atoms.